The van der Waals surface area contributed by atoms with Gasteiger partial charge in [0, 0.05) is 6.26 Å². The van der Waals surface area contributed by atoms with Gasteiger partial charge >= 0.3 is 0 Å². The smallest absolute Gasteiger partial charge is 0.147 e. The fraction of sp³-hybridized carbons (Fsp3) is 0.500. The monoisotopic (exact) mass is 259 g/mol. The lowest BCUT2D eigenvalue weighted by atomic mass is 10.1. The maximum Gasteiger partial charge on any atom is 0.147 e. The Morgan fingerprint density at radius 3 is 2.59 bits per heavy atom. The Balaban J connectivity index is 2.15. The molecule has 1 rings (SSSR count). The second-order valence-electron chi connectivity index (χ2n) is 4.07. The van der Waals surface area contributed by atoms with Crippen molar-refractivity contribution in [3.8, 4) is 0 Å². The van der Waals surface area contributed by atoms with E-state index >= 15 is 0 Å². The quantitative estimate of drug-likeness (QED) is 0.753. The van der Waals surface area contributed by atoms with E-state index in [0.29, 0.717) is 31.5 Å². The lowest BCUT2D eigenvalue weighted by Crippen LogP contribution is -2.21. The standard InChI is InChI=1S/C12H18FNO2S/c1-17(15,16)10-4-8-14-9-7-11-5-2-3-6-12(11)13/h2-3,5-6,14H,4,7-10H2,1H3. The number of nitrogens with one attached hydrogen (secondary N) is 1. The summed E-state index contributed by atoms with van der Waals surface area (Å²) in [4.78, 5) is 0. The second-order valence-corrected chi connectivity index (χ2v) is 6.33. The van der Waals surface area contributed by atoms with E-state index in [1.54, 1.807) is 12.1 Å². The molecular formula is C12H18FNO2S. The molecule has 0 bridgehead atoms. The minimum absolute atomic E-state index is 0.189. The van der Waals surface area contributed by atoms with Crippen LogP contribution in [-0.2, 0) is 16.3 Å². The average molecular weight is 259 g/mol. The summed E-state index contributed by atoms with van der Waals surface area (Å²) < 4.78 is 34.9. The van der Waals surface area contributed by atoms with Crippen LogP contribution in [0.2, 0.25) is 0 Å². The van der Waals surface area contributed by atoms with Crippen LogP contribution in [-0.4, -0.2) is 33.5 Å². The Kier molecular flexibility index (Phi) is 5.58. The molecule has 0 heterocycles. The van der Waals surface area contributed by atoms with Crippen molar-refractivity contribution in [1.82, 2.24) is 5.32 Å². The largest absolute Gasteiger partial charge is 0.316 e. The molecule has 0 unspecified atom stereocenters. The Morgan fingerprint density at radius 1 is 1.24 bits per heavy atom. The van der Waals surface area contributed by atoms with E-state index in [1.165, 1.54) is 12.3 Å². The Hall–Kier alpha value is -0.940. The first-order valence-corrected chi connectivity index (χ1v) is 7.67. The number of hydrogen-bond donors (Lipinski definition) is 1. The highest BCUT2D eigenvalue weighted by Crippen LogP contribution is 2.05. The summed E-state index contributed by atoms with van der Waals surface area (Å²) in [6.07, 6.45) is 2.44. The van der Waals surface area contributed by atoms with Gasteiger partial charge in [-0.3, -0.25) is 0 Å². The molecule has 0 amide bonds. The highest BCUT2D eigenvalue weighted by molar-refractivity contribution is 7.90. The van der Waals surface area contributed by atoms with Crippen molar-refractivity contribution in [1.29, 1.82) is 0 Å². The van der Waals surface area contributed by atoms with Gasteiger partial charge in [-0.1, -0.05) is 18.2 Å². The van der Waals surface area contributed by atoms with Crippen LogP contribution in [0.5, 0.6) is 0 Å². The van der Waals surface area contributed by atoms with Crippen molar-refractivity contribution >= 4 is 9.84 Å². The predicted octanol–water partition coefficient (Wildman–Crippen LogP) is 1.39. The van der Waals surface area contributed by atoms with E-state index in [9.17, 15) is 12.8 Å². The molecule has 0 aromatic heterocycles. The Morgan fingerprint density at radius 2 is 1.94 bits per heavy atom. The molecule has 3 nitrogen and oxygen atoms in total. The van der Waals surface area contributed by atoms with Crippen LogP contribution in [0.4, 0.5) is 4.39 Å². The van der Waals surface area contributed by atoms with Gasteiger partial charge in [0.25, 0.3) is 0 Å². The highest BCUT2D eigenvalue weighted by atomic mass is 32.2. The molecular weight excluding hydrogens is 241 g/mol. The maximum atomic E-state index is 13.2. The number of benzene rings is 1. The summed E-state index contributed by atoms with van der Waals surface area (Å²) >= 11 is 0. The first-order valence-electron chi connectivity index (χ1n) is 5.61. The molecule has 0 spiro atoms. The predicted molar refractivity (Wildman–Crippen MR) is 67.3 cm³/mol. The van der Waals surface area contributed by atoms with Gasteiger partial charge in [-0.05, 0) is 37.6 Å². The molecule has 1 aromatic carbocycles. The summed E-state index contributed by atoms with van der Waals surface area (Å²) in [6.45, 7) is 1.30. The molecule has 0 aliphatic rings. The normalized spacial score (nSPS) is 11.6. The lowest BCUT2D eigenvalue weighted by molar-refractivity contribution is 0.588. The highest BCUT2D eigenvalue weighted by Gasteiger charge is 2.02. The van der Waals surface area contributed by atoms with E-state index in [1.807, 2.05) is 6.07 Å². The molecule has 96 valence electrons. The van der Waals surface area contributed by atoms with Crippen LogP contribution < -0.4 is 5.32 Å². The summed E-state index contributed by atoms with van der Waals surface area (Å²) in [5.74, 6) is 0.00473. The second kappa shape index (κ2) is 6.71. The first kappa shape index (κ1) is 14.1. The van der Waals surface area contributed by atoms with Gasteiger partial charge < -0.3 is 5.32 Å². The molecule has 0 fully saturated rings. The number of sulfone groups is 1. The van der Waals surface area contributed by atoms with E-state index in [0.717, 1.165) is 0 Å². The molecule has 17 heavy (non-hydrogen) atoms. The minimum Gasteiger partial charge on any atom is -0.316 e. The maximum absolute atomic E-state index is 13.2. The van der Waals surface area contributed by atoms with Crippen molar-refractivity contribution in [2.75, 3.05) is 25.1 Å². The average Bonchev–Trinajstić information content (AvgIpc) is 2.24. The van der Waals surface area contributed by atoms with Gasteiger partial charge in [0.05, 0.1) is 5.75 Å². The van der Waals surface area contributed by atoms with E-state index < -0.39 is 9.84 Å². The van der Waals surface area contributed by atoms with Crippen LogP contribution in [0.25, 0.3) is 0 Å². The number of halogens is 1. The van der Waals surface area contributed by atoms with Crippen LogP contribution in [0.3, 0.4) is 0 Å². The molecule has 0 atom stereocenters. The van der Waals surface area contributed by atoms with Crippen molar-refractivity contribution in [3.05, 3.63) is 35.6 Å². The SMILES string of the molecule is CS(=O)(=O)CCCNCCc1ccccc1F. The summed E-state index contributed by atoms with van der Waals surface area (Å²) in [5.41, 5.74) is 0.683. The summed E-state index contributed by atoms with van der Waals surface area (Å²) in [7, 11) is -2.87. The van der Waals surface area contributed by atoms with Gasteiger partial charge in [-0.2, -0.15) is 0 Å². The van der Waals surface area contributed by atoms with Crippen molar-refractivity contribution < 1.29 is 12.8 Å². The molecule has 0 saturated carbocycles. The summed E-state index contributed by atoms with van der Waals surface area (Å²) in [6, 6.07) is 6.67. The molecule has 1 aromatic rings. The van der Waals surface area contributed by atoms with Crippen molar-refractivity contribution in [2.24, 2.45) is 0 Å². The van der Waals surface area contributed by atoms with Crippen LogP contribution in [0, 0.1) is 5.82 Å². The van der Waals surface area contributed by atoms with Crippen molar-refractivity contribution in [2.45, 2.75) is 12.8 Å². The Bertz CT molecular complexity index is 446. The molecule has 0 aliphatic carbocycles. The minimum atomic E-state index is -2.87. The van der Waals surface area contributed by atoms with Crippen LogP contribution in [0.1, 0.15) is 12.0 Å². The van der Waals surface area contributed by atoms with Gasteiger partial charge in [0.2, 0.25) is 0 Å². The van der Waals surface area contributed by atoms with Crippen LogP contribution in [0.15, 0.2) is 24.3 Å². The molecule has 0 saturated heterocycles. The third-order valence-corrected chi connectivity index (χ3v) is 3.43. The molecule has 5 heteroatoms. The Labute approximate surface area is 102 Å². The summed E-state index contributed by atoms with van der Waals surface area (Å²) in [5, 5.41) is 3.10. The third kappa shape index (κ3) is 6.38. The topological polar surface area (TPSA) is 46.2 Å². The zero-order valence-corrected chi connectivity index (χ0v) is 10.8. The molecule has 1 N–H and O–H groups in total. The molecule has 0 radical (unpaired) electrons. The lowest BCUT2D eigenvalue weighted by Gasteiger charge is -2.05. The zero-order chi connectivity index (χ0) is 12.7. The van der Waals surface area contributed by atoms with Gasteiger partial charge in [-0.25, -0.2) is 12.8 Å². The van der Waals surface area contributed by atoms with E-state index in [4.69, 9.17) is 0 Å². The van der Waals surface area contributed by atoms with E-state index in [2.05, 4.69) is 5.32 Å². The zero-order valence-electron chi connectivity index (χ0n) is 9.95. The first-order chi connectivity index (χ1) is 7.99. The number of hydrogen-bond acceptors (Lipinski definition) is 3. The number of rotatable bonds is 7. The van der Waals surface area contributed by atoms with Crippen LogP contribution >= 0.6 is 0 Å². The van der Waals surface area contributed by atoms with Gasteiger partial charge in [-0.15, -0.1) is 0 Å². The fourth-order valence-corrected chi connectivity index (χ4v) is 2.18. The third-order valence-electron chi connectivity index (χ3n) is 2.40. The van der Waals surface area contributed by atoms with E-state index in [-0.39, 0.29) is 11.6 Å². The van der Waals surface area contributed by atoms with Gasteiger partial charge in [0.15, 0.2) is 0 Å². The van der Waals surface area contributed by atoms with Crippen molar-refractivity contribution in [3.63, 3.8) is 0 Å². The molecule has 0 aliphatic heterocycles. The van der Waals surface area contributed by atoms with Gasteiger partial charge in [0.1, 0.15) is 15.7 Å². The fourth-order valence-electron chi connectivity index (χ4n) is 1.51.